The monoisotopic (exact) mass is 413 g/mol. The van der Waals surface area contributed by atoms with Gasteiger partial charge in [-0.25, -0.2) is 4.98 Å². The third kappa shape index (κ3) is 4.87. The van der Waals surface area contributed by atoms with Gasteiger partial charge < -0.3 is 14.8 Å². The number of pyridine rings is 1. The molecule has 1 aromatic heterocycles. The van der Waals surface area contributed by atoms with Crippen molar-refractivity contribution in [1.82, 2.24) is 4.98 Å². The number of amides is 1. The summed E-state index contributed by atoms with van der Waals surface area (Å²) in [5.41, 5.74) is 3.25. The molecule has 0 bridgehead atoms. The van der Waals surface area contributed by atoms with Crippen LogP contribution in [-0.2, 0) is 22.6 Å². The molecule has 1 amide bonds. The van der Waals surface area contributed by atoms with Crippen molar-refractivity contribution in [2.24, 2.45) is 0 Å². The molecule has 0 radical (unpaired) electrons. The van der Waals surface area contributed by atoms with Gasteiger partial charge in [0.2, 0.25) is 5.88 Å². The number of carbonyl (C=O) groups excluding carboxylic acids is 1. The van der Waals surface area contributed by atoms with E-state index in [0.717, 1.165) is 16.8 Å². The summed E-state index contributed by atoms with van der Waals surface area (Å²) in [4.78, 5) is 16.9. The first-order valence-electron chi connectivity index (χ1n) is 9.48. The van der Waals surface area contributed by atoms with E-state index in [-0.39, 0.29) is 29.9 Å². The number of anilines is 1. The number of carbonyl (C=O) groups is 1. The second-order valence-corrected chi connectivity index (χ2v) is 8.41. The molecular weight excluding hydrogens is 390 g/mol. The van der Waals surface area contributed by atoms with Crippen LogP contribution in [0.15, 0.2) is 24.3 Å². The standard InChI is InChI=1S/C22H24ClN3O3/c1-13(2)20-18-11-29-22(3,4)9-16(18)17(10-24)21(26-20)28-12-19(27)25-15-7-5-6-14(23)8-15/h5-8,13H,9,11-12H2,1-4H3,(H,25,27). The fourth-order valence-electron chi connectivity index (χ4n) is 3.36. The molecule has 0 fully saturated rings. The van der Waals surface area contributed by atoms with Gasteiger partial charge in [-0.3, -0.25) is 4.79 Å². The number of nitrogens with one attached hydrogen (secondary N) is 1. The summed E-state index contributed by atoms with van der Waals surface area (Å²) in [5, 5.41) is 13.0. The second kappa shape index (κ2) is 8.40. The minimum Gasteiger partial charge on any atom is -0.467 e. The fraction of sp³-hybridized carbons (Fsp3) is 0.409. The zero-order chi connectivity index (χ0) is 21.2. The number of fused-ring (bicyclic) bond motifs is 1. The van der Waals surface area contributed by atoms with Crippen molar-refractivity contribution in [3.05, 3.63) is 51.7 Å². The van der Waals surface area contributed by atoms with Gasteiger partial charge in [-0.2, -0.15) is 5.26 Å². The van der Waals surface area contributed by atoms with Crippen molar-refractivity contribution in [3.8, 4) is 11.9 Å². The topological polar surface area (TPSA) is 84.2 Å². The van der Waals surface area contributed by atoms with Crippen molar-refractivity contribution in [2.75, 3.05) is 11.9 Å². The normalized spacial score (nSPS) is 14.8. The van der Waals surface area contributed by atoms with Crippen LogP contribution in [0.5, 0.6) is 5.88 Å². The molecule has 0 aliphatic carbocycles. The highest BCUT2D eigenvalue weighted by Gasteiger charge is 2.32. The lowest BCUT2D eigenvalue weighted by Gasteiger charge is -2.34. The Kier molecular flexibility index (Phi) is 6.11. The average Bonchev–Trinajstić information content (AvgIpc) is 2.64. The number of hydrogen-bond acceptors (Lipinski definition) is 5. The summed E-state index contributed by atoms with van der Waals surface area (Å²) in [5.74, 6) is -0.0386. The third-order valence-corrected chi connectivity index (χ3v) is 4.96. The van der Waals surface area contributed by atoms with Crippen LogP contribution in [-0.4, -0.2) is 23.1 Å². The van der Waals surface area contributed by atoms with Crippen LogP contribution in [0.3, 0.4) is 0 Å². The van der Waals surface area contributed by atoms with E-state index >= 15 is 0 Å². The Morgan fingerprint density at radius 1 is 1.41 bits per heavy atom. The second-order valence-electron chi connectivity index (χ2n) is 7.97. The Balaban J connectivity index is 1.86. The molecule has 1 aliphatic heterocycles. The Hall–Kier alpha value is -2.62. The largest absolute Gasteiger partial charge is 0.467 e. The molecule has 2 heterocycles. The number of hydrogen-bond donors (Lipinski definition) is 1. The summed E-state index contributed by atoms with van der Waals surface area (Å²) in [6.07, 6.45) is 0.582. The predicted molar refractivity (Wildman–Crippen MR) is 111 cm³/mol. The molecule has 0 saturated heterocycles. The number of nitrogens with zero attached hydrogens (tertiary/aromatic N) is 2. The molecule has 1 aromatic carbocycles. The zero-order valence-electron chi connectivity index (χ0n) is 17.0. The minimum atomic E-state index is -0.380. The Morgan fingerprint density at radius 3 is 2.83 bits per heavy atom. The first-order valence-corrected chi connectivity index (χ1v) is 9.86. The molecule has 1 N–H and O–H groups in total. The molecule has 3 rings (SSSR count). The maximum absolute atomic E-state index is 12.3. The Morgan fingerprint density at radius 2 is 2.17 bits per heavy atom. The molecular formula is C22H24ClN3O3. The van der Waals surface area contributed by atoms with E-state index in [9.17, 15) is 10.1 Å². The summed E-state index contributed by atoms with van der Waals surface area (Å²) < 4.78 is 11.6. The minimum absolute atomic E-state index is 0.129. The van der Waals surface area contributed by atoms with Gasteiger partial charge in [-0.05, 0) is 43.5 Å². The van der Waals surface area contributed by atoms with E-state index < -0.39 is 0 Å². The number of ether oxygens (including phenoxy) is 2. The van der Waals surface area contributed by atoms with E-state index in [0.29, 0.717) is 29.3 Å². The Labute approximate surface area is 175 Å². The first kappa shape index (κ1) is 21.1. The summed E-state index contributed by atoms with van der Waals surface area (Å²) in [7, 11) is 0. The quantitative estimate of drug-likeness (QED) is 0.774. The summed E-state index contributed by atoms with van der Waals surface area (Å²) >= 11 is 5.94. The van der Waals surface area contributed by atoms with Crippen LogP contribution in [0, 0.1) is 11.3 Å². The van der Waals surface area contributed by atoms with Gasteiger partial charge in [0.1, 0.15) is 11.6 Å². The van der Waals surface area contributed by atoms with Gasteiger partial charge in [0.15, 0.2) is 6.61 Å². The van der Waals surface area contributed by atoms with E-state index in [1.165, 1.54) is 0 Å². The molecule has 6 nitrogen and oxygen atoms in total. The molecule has 1 aliphatic rings. The SMILES string of the molecule is CC(C)c1nc(OCC(=O)Nc2cccc(Cl)c2)c(C#N)c2c1COC(C)(C)C2. The van der Waals surface area contributed by atoms with Gasteiger partial charge in [0, 0.05) is 22.7 Å². The van der Waals surface area contributed by atoms with Gasteiger partial charge >= 0.3 is 0 Å². The molecule has 7 heteroatoms. The van der Waals surface area contributed by atoms with Gasteiger partial charge in [-0.1, -0.05) is 31.5 Å². The van der Waals surface area contributed by atoms with E-state index in [1.807, 2.05) is 27.7 Å². The fourth-order valence-corrected chi connectivity index (χ4v) is 3.55. The number of nitriles is 1. The van der Waals surface area contributed by atoms with Crippen molar-refractivity contribution in [1.29, 1.82) is 5.26 Å². The highest BCUT2D eigenvalue weighted by Crippen LogP contribution is 2.37. The molecule has 2 aromatic rings. The third-order valence-electron chi connectivity index (χ3n) is 4.73. The van der Waals surface area contributed by atoms with Crippen LogP contribution < -0.4 is 10.1 Å². The molecule has 0 unspecified atom stereocenters. The summed E-state index contributed by atoms with van der Waals surface area (Å²) in [6, 6.07) is 9.07. The van der Waals surface area contributed by atoms with Crippen LogP contribution in [0.4, 0.5) is 5.69 Å². The summed E-state index contributed by atoms with van der Waals surface area (Å²) in [6.45, 7) is 8.20. The van der Waals surface area contributed by atoms with Gasteiger partial charge in [0.25, 0.3) is 5.91 Å². The molecule has 0 saturated carbocycles. The maximum Gasteiger partial charge on any atom is 0.262 e. The van der Waals surface area contributed by atoms with Gasteiger partial charge in [0.05, 0.1) is 17.9 Å². The smallest absolute Gasteiger partial charge is 0.262 e. The van der Waals surface area contributed by atoms with E-state index in [1.54, 1.807) is 24.3 Å². The maximum atomic E-state index is 12.3. The lowest BCUT2D eigenvalue weighted by molar-refractivity contribution is -0.118. The average molecular weight is 414 g/mol. The zero-order valence-corrected chi connectivity index (χ0v) is 17.8. The van der Waals surface area contributed by atoms with E-state index in [4.69, 9.17) is 21.1 Å². The van der Waals surface area contributed by atoms with Crippen LogP contribution in [0.2, 0.25) is 5.02 Å². The highest BCUT2D eigenvalue weighted by molar-refractivity contribution is 6.30. The number of aromatic nitrogens is 1. The highest BCUT2D eigenvalue weighted by atomic mass is 35.5. The molecule has 0 atom stereocenters. The van der Waals surface area contributed by atoms with Crippen molar-refractivity contribution < 1.29 is 14.3 Å². The van der Waals surface area contributed by atoms with Crippen LogP contribution >= 0.6 is 11.6 Å². The van der Waals surface area contributed by atoms with Crippen molar-refractivity contribution >= 4 is 23.2 Å². The first-order chi connectivity index (χ1) is 13.7. The van der Waals surface area contributed by atoms with Crippen molar-refractivity contribution in [2.45, 2.75) is 52.2 Å². The van der Waals surface area contributed by atoms with Crippen LogP contribution in [0.1, 0.15) is 56.0 Å². The molecule has 0 spiro atoms. The lowest BCUT2D eigenvalue weighted by Crippen LogP contribution is -2.33. The molecule has 29 heavy (non-hydrogen) atoms. The lowest BCUT2D eigenvalue weighted by atomic mass is 9.86. The predicted octanol–water partition coefficient (Wildman–Crippen LogP) is 4.60. The van der Waals surface area contributed by atoms with Gasteiger partial charge in [-0.15, -0.1) is 0 Å². The Bertz CT molecular complexity index is 980. The van der Waals surface area contributed by atoms with E-state index in [2.05, 4.69) is 16.4 Å². The number of rotatable bonds is 5. The number of benzene rings is 1. The molecule has 152 valence electrons. The number of halogens is 1. The van der Waals surface area contributed by atoms with Crippen molar-refractivity contribution in [3.63, 3.8) is 0 Å². The van der Waals surface area contributed by atoms with Crippen LogP contribution in [0.25, 0.3) is 0 Å².